The molecule has 13 heteroatoms. The van der Waals surface area contributed by atoms with E-state index in [4.69, 9.17) is 14.9 Å². The molecule has 0 bridgehead atoms. The summed E-state index contributed by atoms with van der Waals surface area (Å²) in [4.78, 5) is 15.4. The van der Waals surface area contributed by atoms with Gasteiger partial charge in [-0.2, -0.15) is 19.6 Å². The summed E-state index contributed by atoms with van der Waals surface area (Å²) in [7, 11) is 1.93. The van der Waals surface area contributed by atoms with E-state index in [0.29, 0.717) is 60.7 Å². The van der Waals surface area contributed by atoms with E-state index in [-0.39, 0.29) is 18.3 Å². The van der Waals surface area contributed by atoms with Crippen LogP contribution < -0.4 is 25.6 Å². The van der Waals surface area contributed by atoms with Gasteiger partial charge in [0.05, 0.1) is 12.0 Å². The number of nitrogen functional groups attached to an aromatic ring is 1. The minimum absolute atomic E-state index is 0.246. The van der Waals surface area contributed by atoms with Gasteiger partial charge in [-0.1, -0.05) is 0 Å². The lowest BCUT2D eigenvalue weighted by atomic mass is 10.2. The highest BCUT2D eigenvalue weighted by Crippen LogP contribution is 2.27. The van der Waals surface area contributed by atoms with Gasteiger partial charge in [0, 0.05) is 71.5 Å². The van der Waals surface area contributed by atoms with Crippen LogP contribution in [0.3, 0.4) is 0 Å². The second-order valence-corrected chi connectivity index (χ2v) is 9.85. The minimum atomic E-state index is -1.09. The van der Waals surface area contributed by atoms with E-state index in [1.165, 1.54) is 10.6 Å². The molecular formula is C26H31F2N9O2. The number of nitrogens with two attached hydrogens (primary N) is 1. The molecule has 0 radical (unpaired) electrons. The highest BCUT2D eigenvalue weighted by atomic mass is 19.1. The number of anilines is 3. The molecule has 5 heterocycles. The fraction of sp³-hybridized carbons (Fsp3) is 0.423. The van der Waals surface area contributed by atoms with Crippen LogP contribution in [0, 0.1) is 5.82 Å². The third-order valence-electron chi connectivity index (χ3n) is 7.21. The van der Waals surface area contributed by atoms with Crippen LogP contribution in [0.5, 0.6) is 5.75 Å². The number of hydrogen-bond donors (Lipinski definition) is 2. The maximum absolute atomic E-state index is 14.9. The first-order valence-electron chi connectivity index (χ1n) is 13.0. The van der Waals surface area contributed by atoms with E-state index >= 15 is 0 Å². The maximum atomic E-state index is 14.9. The molecule has 11 nitrogen and oxygen atoms in total. The van der Waals surface area contributed by atoms with Crippen LogP contribution in [0.1, 0.15) is 0 Å². The third-order valence-corrected chi connectivity index (χ3v) is 7.21. The Morgan fingerprint density at radius 1 is 1.15 bits per heavy atom. The zero-order valence-electron chi connectivity index (χ0n) is 21.6. The van der Waals surface area contributed by atoms with E-state index in [0.717, 1.165) is 19.6 Å². The number of ether oxygens (including phenoxy) is 1. The normalized spacial score (nSPS) is 20.1. The van der Waals surface area contributed by atoms with Crippen LogP contribution in [0.4, 0.5) is 26.4 Å². The fourth-order valence-electron chi connectivity index (χ4n) is 4.95. The van der Waals surface area contributed by atoms with Crippen molar-refractivity contribution in [3.05, 3.63) is 48.5 Å². The second-order valence-electron chi connectivity index (χ2n) is 9.85. The average molecular weight is 540 g/mol. The van der Waals surface area contributed by atoms with Gasteiger partial charge in [0.25, 0.3) is 0 Å². The number of alkyl halides is 1. The molecule has 2 atom stereocenters. The summed E-state index contributed by atoms with van der Waals surface area (Å²) < 4.78 is 41.2. The quantitative estimate of drug-likeness (QED) is 0.345. The highest BCUT2D eigenvalue weighted by Gasteiger charge is 2.29. The van der Waals surface area contributed by atoms with Crippen molar-refractivity contribution < 1.29 is 17.9 Å². The number of fused-ring (bicyclic) bond motifs is 1. The second kappa shape index (κ2) is 10.7. The Morgan fingerprint density at radius 2 is 2.00 bits per heavy atom. The van der Waals surface area contributed by atoms with Gasteiger partial charge in [0.15, 0.2) is 17.6 Å². The fourth-order valence-corrected chi connectivity index (χ4v) is 4.95. The number of likely N-dealkylation sites (N-methyl/N-ethyl adjacent to an activating group) is 1. The van der Waals surface area contributed by atoms with Crippen molar-refractivity contribution in [1.82, 2.24) is 29.8 Å². The standard InChI is InChI=1S/C26H31F2N9O2/c1-34(26-31-24-14-20(22-3-2-12-38-22)33-37(24)25(29)32-26)6-7-35-8-10-36(11-9-35)21-5-4-17(13-18(21)27)39-23-16-30-15-19(23)28/h2-5,12-14,19,23,30H,6-11,15-16H2,1H3,(H2,29,31,32)/t19-,23-/m1/s1. The van der Waals surface area contributed by atoms with Gasteiger partial charge in [-0.15, -0.1) is 0 Å². The molecule has 4 aromatic rings. The number of rotatable bonds is 8. The molecule has 2 aliphatic rings. The Labute approximate surface area is 224 Å². The molecule has 6 rings (SSSR count). The van der Waals surface area contributed by atoms with Gasteiger partial charge in [0.1, 0.15) is 23.4 Å². The van der Waals surface area contributed by atoms with E-state index in [9.17, 15) is 8.78 Å². The number of furan rings is 1. The average Bonchev–Trinajstić information content (AvgIpc) is 3.70. The summed E-state index contributed by atoms with van der Waals surface area (Å²) in [6.45, 7) is 5.15. The molecule has 3 N–H and O–H groups in total. The molecule has 0 spiro atoms. The lowest BCUT2D eigenvalue weighted by molar-refractivity contribution is 0.139. The van der Waals surface area contributed by atoms with Crippen molar-refractivity contribution in [2.75, 3.05) is 74.9 Å². The SMILES string of the molecule is CN(CCN1CCN(c2ccc(O[C@@H]3CNC[C@H]3F)cc2F)CC1)c1nc(N)n2nc(-c3ccco3)cc2n1. The Hall–Kier alpha value is -3.97. The summed E-state index contributed by atoms with van der Waals surface area (Å²) in [5.41, 5.74) is 7.92. The topological polar surface area (TPSA) is 113 Å². The first-order valence-corrected chi connectivity index (χ1v) is 13.0. The zero-order chi connectivity index (χ0) is 26.9. The molecular weight excluding hydrogens is 508 g/mol. The van der Waals surface area contributed by atoms with Gasteiger partial charge >= 0.3 is 0 Å². The molecule has 0 unspecified atom stereocenters. The van der Waals surface area contributed by atoms with Crippen molar-refractivity contribution in [1.29, 1.82) is 0 Å². The number of aromatic nitrogens is 4. The Bertz CT molecular complexity index is 1420. The number of piperazine rings is 1. The Morgan fingerprint density at radius 3 is 2.72 bits per heavy atom. The predicted molar refractivity (Wildman–Crippen MR) is 143 cm³/mol. The minimum Gasteiger partial charge on any atom is -0.486 e. The number of halogens is 2. The predicted octanol–water partition coefficient (Wildman–Crippen LogP) is 2.05. The van der Waals surface area contributed by atoms with Crippen LogP contribution in [-0.4, -0.2) is 96.2 Å². The Balaban J connectivity index is 1.02. The number of nitrogens with one attached hydrogen (secondary N) is 1. The summed E-state index contributed by atoms with van der Waals surface area (Å²) in [6.07, 6.45) is -0.0779. The zero-order valence-corrected chi connectivity index (χ0v) is 21.6. The van der Waals surface area contributed by atoms with Gasteiger partial charge in [-0.25, -0.2) is 8.78 Å². The van der Waals surface area contributed by atoms with E-state index in [2.05, 4.69) is 25.3 Å². The summed E-state index contributed by atoms with van der Waals surface area (Å²) in [5, 5.41) is 7.37. The smallest absolute Gasteiger partial charge is 0.230 e. The van der Waals surface area contributed by atoms with Crippen molar-refractivity contribution in [3.8, 4) is 17.2 Å². The van der Waals surface area contributed by atoms with Crippen LogP contribution in [-0.2, 0) is 0 Å². The van der Waals surface area contributed by atoms with Crippen LogP contribution in [0.15, 0.2) is 47.1 Å². The van der Waals surface area contributed by atoms with E-state index < -0.39 is 12.3 Å². The number of nitrogens with zero attached hydrogens (tertiary/aromatic N) is 7. The first-order chi connectivity index (χ1) is 18.9. The van der Waals surface area contributed by atoms with Gasteiger partial charge in [-0.3, -0.25) is 4.90 Å². The molecule has 2 saturated heterocycles. The maximum Gasteiger partial charge on any atom is 0.230 e. The van der Waals surface area contributed by atoms with Gasteiger partial charge < -0.3 is 30.0 Å². The van der Waals surface area contributed by atoms with Gasteiger partial charge in [-0.05, 0) is 24.3 Å². The molecule has 0 amide bonds. The molecule has 0 aliphatic carbocycles. The van der Waals surface area contributed by atoms with Crippen LogP contribution in [0.2, 0.25) is 0 Å². The van der Waals surface area contributed by atoms with Crippen LogP contribution in [0.25, 0.3) is 17.1 Å². The molecule has 206 valence electrons. The lowest BCUT2D eigenvalue weighted by Gasteiger charge is -2.36. The largest absolute Gasteiger partial charge is 0.486 e. The third kappa shape index (κ3) is 5.32. The van der Waals surface area contributed by atoms with Crippen molar-refractivity contribution in [3.63, 3.8) is 0 Å². The highest BCUT2D eigenvalue weighted by molar-refractivity contribution is 5.61. The molecule has 0 saturated carbocycles. The monoisotopic (exact) mass is 539 g/mol. The summed E-state index contributed by atoms with van der Waals surface area (Å²) in [6, 6.07) is 10.2. The molecule has 3 aromatic heterocycles. The van der Waals surface area contributed by atoms with Crippen molar-refractivity contribution in [2.45, 2.75) is 12.3 Å². The Kier molecular flexibility index (Phi) is 6.92. The van der Waals surface area contributed by atoms with Crippen molar-refractivity contribution in [2.24, 2.45) is 0 Å². The van der Waals surface area contributed by atoms with Gasteiger partial charge in [0.2, 0.25) is 11.9 Å². The van der Waals surface area contributed by atoms with Crippen LogP contribution >= 0.6 is 0 Å². The summed E-state index contributed by atoms with van der Waals surface area (Å²) >= 11 is 0. The summed E-state index contributed by atoms with van der Waals surface area (Å²) in [5.74, 6) is 1.39. The first kappa shape index (κ1) is 25.3. The lowest BCUT2D eigenvalue weighted by Crippen LogP contribution is -2.48. The molecule has 2 aliphatic heterocycles. The van der Waals surface area contributed by atoms with E-state index in [1.54, 1.807) is 24.5 Å². The number of hydrogen-bond acceptors (Lipinski definition) is 10. The molecule has 2 fully saturated rings. The van der Waals surface area contributed by atoms with Crippen molar-refractivity contribution >= 4 is 23.2 Å². The molecule has 1 aromatic carbocycles. The number of benzene rings is 1. The molecule has 39 heavy (non-hydrogen) atoms. The van der Waals surface area contributed by atoms with E-state index in [1.807, 2.05) is 29.0 Å².